The number of carbonyl (C=O) groups is 3. The van der Waals surface area contributed by atoms with Crippen LogP contribution in [-0.2, 0) is 14.3 Å². The molecule has 3 fully saturated rings. The van der Waals surface area contributed by atoms with Crippen LogP contribution in [0.1, 0.15) is 41.8 Å². The molecule has 1 saturated carbocycles. The summed E-state index contributed by atoms with van der Waals surface area (Å²) >= 11 is 0. The number of fused-ring (bicyclic) bond motifs is 1. The molecule has 6 rings (SSSR count). The molecule has 0 spiro atoms. The highest BCUT2D eigenvalue weighted by Gasteiger charge is 2.56. The standard InChI is InChI=1S/C28H27NO5/c1-15-14-22(15)20-4-3-5-21-23(20)28(32)29(27(21)31)18-10-6-17(7-11-18)25-26(34-25)24(30)16-8-12-19(33-2)13-9-16/h3-4,6-13,15,20-23,25-26H,5,14H2,1-2H3/t15-,20?,21?,22?,23?,25?,26?/m0/s1. The second kappa shape index (κ2) is 7.91. The van der Waals surface area contributed by atoms with Gasteiger partial charge in [-0.25, -0.2) is 0 Å². The first-order chi connectivity index (χ1) is 16.5. The molecule has 2 saturated heterocycles. The minimum Gasteiger partial charge on any atom is -0.497 e. The van der Waals surface area contributed by atoms with Crippen molar-refractivity contribution in [2.45, 2.75) is 32.0 Å². The van der Waals surface area contributed by atoms with Crippen LogP contribution in [0.15, 0.2) is 60.7 Å². The maximum atomic E-state index is 13.4. The van der Waals surface area contributed by atoms with Gasteiger partial charge >= 0.3 is 0 Å². The molecule has 0 bridgehead atoms. The molecule has 6 unspecified atom stereocenters. The number of anilines is 1. The topological polar surface area (TPSA) is 76.2 Å². The van der Waals surface area contributed by atoms with Gasteiger partial charge in [0.05, 0.1) is 24.6 Å². The molecule has 2 aromatic carbocycles. The van der Waals surface area contributed by atoms with Gasteiger partial charge in [-0.3, -0.25) is 19.3 Å². The zero-order valence-corrected chi connectivity index (χ0v) is 19.2. The molecule has 4 aliphatic rings. The summed E-state index contributed by atoms with van der Waals surface area (Å²) in [6.45, 7) is 2.21. The van der Waals surface area contributed by atoms with Gasteiger partial charge in [-0.2, -0.15) is 0 Å². The van der Waals surface area contributed by atoms with E-state index in [0.717, 1.165) is 12.0 Å². The average molecular weight is 458 g/mol. The molecule has 7 atom stereocenters. The van der Waals surface area contributed by atoms with E-state index in [0.29, 0.717) is 35.3 Å². The van der Waals surface area contributed by atoms with Crippen LogP contribution in [0.3, 0.4) is 0 Å². The lowest BCUT2D eigenvalue weighted by Crippen LogP contribution is -2.32. The van der Waals surface area contributed by atoms with Gasteiger partial charge in [0.15, 0.2) is 11.9 Å². The molecular formula is C28H27NO5. The van der Waals surface area contributed by atoms with E-state index in [4.69, 9.17) is 9.47 Å². The molecule has 174 valence electrons. The van der Waals surface area contributed by atoms with Crippen molar-refractivity contribution >= 4 is 23.3 Å². The number of imide groups is 1. The largest absolute Gasteiger partial charge is 0.497 e. The minimum absolute atomic E-state index is 0.0708. The summed E-state index contributed by atoms with van der Waals surface area (Å²) in [5, 5.41) is 0. The van der Waals surface area contributed by atoms with Crippen molar-refractivity contribution in [1.82, 2.24) is 0 Å². The minimum atomic E-state index is -0.524. The molecule has 0 radical (unpaired) electrons. The van der Waals surface area contributed by atoms with E-state index in [1.54, 1.807) is 43.5 Å². The Labute approximate surface area is 198 Å². The zero-order chi connectivity index (χ0) is 23.6. The first-order valence-corrected chi connectivity index (χ1v) is 12.0. The van der Waals surface area contributed by atoms with E-state index in [9.17, 15) is 14.4 Å². The molecule has 2 amide bonds. The van der Waals surface area contributed by atoms with Crippen molar-refractivity contribution in [2.75, 3.05) is 12.0 Å². The summed E-state index contributed by atoms with van der Waals surface area (Å²) in [4.78, 5) is 40.7. The Bertz CT molecular complexity index is 1180. The molecule has 0 N–H and O–H groups in total. The van der Waals surface area contributed by atoms with Gasteiger partial charge in [0.25, 0.3) is 0 Å². The van der Waals surface area contributed by atoms with Crippen LogP contribution in [0.25, 0.3) is 0 Å². The summed E-state index contributed by atoms with van der Waals surface area (Å²) in [7, 11) is 1.58. The Balaban J connectivity index is 1.16. The third-order valence-corrected chi connectivity index (χ3v) is 7.91. The van der Waals surface area contributed by atoms with Crippen LogP contribution in [0.4, 0.5) is 5.69 Å². The van der Waals surface area contributed by atoms with Gasteiger partial charge in [0.1, 0.15) is 11.9 Å². The lowest BCUT2D eigenvalue weighted by molar-refractivity contribution is -0.122. The number of hydrogen-bond acceptors (Lipinski definition) is 5. The van der Waals surface area contributed by atoms with Crippen LogP contribution in [0.5, 0.6) is 5.75 Å². The SMILES string of the molecule is COc1ccc(C(=O)C2OC2c2ccc(N3C(=O)C4CC=CC(C5C[C@@H]5C)C4C3=O)cc2)cc1. The van der Waals surface area contributed by atoms with Gasteiger partial charge in [-0.1, -0.05) is 31.2 Å². The average Bonchev–Trinajstić information content (AvgIpc) is 3.79. The summed E-state index contributed by atoms with van der Waals surface area (Å²) in [5.74, 6) is 1.25. The Hall–Kier alpha value is -3.25. The molecule has 6 nitrogen and oxygen atoms in total. The first-order valence-electron chi connectivity index (χ1n) is 12.0. The van der Waals surface area contributed by atoms with Crippen molar-refractivity contribution in [2.24, 2.45) is 29.6 Å². The van der Waals surface area contributed by atoms with Gasteiger partial charge in [-0.15, -0.1) is 0 Å². The second-order valence-electron chi connectivity index (χ2n) is 9.92. The second-order valence-corrected chi connectivity index (χ2v) is 9.92. The molecule has 2 aliphatic heterocycles. The fourth-order valence-corrected chi connectivity index (χ4v) is 5.78. The van der Waals surface area contributed by atoms with E-state index >= 15 is 0 Å². The summed E-state index contributed by atoms with van der Waals surface area (Å²) < 4.78 is 10.8. The third-order valence-electron chi connectivity index (χ3n) is 7.91. The van der Waals surface area contributed by atoms with Crippen LogP contribution >= 0.6 is 0 Å². The highest BCUT2D eigenvalue weighted by atomic mass is 16.6. The number of epoxide rings is 1. The number of allylic oxidation sites excluding steroid dienone is 2. The number of rotatable bonds is 6. The maximum Gasteiger partial charge on any atom is 0.238 e. The maximum absolute atomic E-state index is 13.4. The van der Waals surface area contributed by atoms with Gasteiger partial charge in [0, 0.05) is 5.56 Å². The van der Waals surface area contributed by atoms with Crippen molar-refractivity contribution in [3.63, 3.8) is 0 Å². The number of ether oxygens (including phenoxy) is 2. The lowest BCUT2D eigenvalue weighted by Gasteiger charge is -2.26. The van der Waals surface area contributed by atoms with E-state index < -0.39 is 6.10 Å². The lowest BCUT2D eigenvalue weighted by atomic mass is 9.75. The molecule has 6 heteroatoms. The first kappa shape index (κ1) is 21.3. The quantitative estimate of drug-likeness (QED) is 0.279. The number of methoxy groups -OCH3 is 1. The predicted molar refractivity (Wildman–Crippen MR) is 125 cm³/mol. The number of benzene rings is 2. The zero-order valence-electron chi connectivity index (χ0n) is 19.2. The number of Topliss-reactive ketones (excluding diaryl/α,β-unsaturated/α-hetero) is 1. The highest BCUT2D eigenvalue weighted by molar-refractivity contribution is 6.22. The number of hydrogen-bond donors (Lipinski definition) is 0. The van der Waals surface area contributed by atoms with E-state index in [1.165, 1.54) is 4.90 Å². The number of amides is 2. The summed E-state index contributed by atoms with van der Waals surface area (Å²) in [6.07, 6.45) is 5.17. The van der Waals surface area contributed by atoms with Crippen LogP contribution in [0, 0.1) is 29.6 Å². The number of carbonyl (C=O) groups excluding carboxylic acids is 3. The van der Waals surface area contributed by atoms with E-state index in [1.807, 2.05) is 12.1 Å². The van der Waals surface area contributed by atoms with Crippen molar-refractivity contribution in [3.05, 3.63) is 71.8 Å². The van der Waals surface area contributed by atoms with Gasteiger partial charge in [0.2, 0.25) is 11.8 Å². The monoisotopic (exact) mass is 457 g/mol. The number of ketones is 1. The van der Waals surface area contributed by atoms with Crippen molar-refractivity contribution in [1.29, 1.82) is 0 Å². The molecule has 2 heterocycles. The Morgan fingerprint density at radius 1 is 1.03 bits per heavy atom. The van der Waals surface area contributed by atoms with Crippen molar-refractivity contribution < 1.29 is 23.9 Å². The fourth-order valence-electron chi connectivity index (χ4n) is 5.78. The van der Waals surface area contributed by atoms with Crippen LogP contribution in [-0.4, -0.2) is 30.8 Å². The molecule has 2 aromatic rings. The summed E-state index contributed by atoms with van der Waals surface area (Å²) in [6, 6.07) is 14.3. The van der Waals surface area contributed by atoms with Gasteiger partial charge in [-0.05, 0) is 72.6 Å². The molecule has 0 aromatic heterocycles. The Kier molecular flexibility index (Phi) is 4.96. The number of nitrogens with zero attached hydrogens (tertiary/aromatic N) is 1. The predicted octanol–water partition coefficient (Wildman–Crippen LogP) is 4.36. The highest BCUT2D eigenvalue weighted by Crippen LogP contribution is 2.53. The van der Waals surface area contributed by atoms with E-state index in [2.05, 4.69) is 19.1 Å². The van der Waals surface area contributed by atoms with E-state index in [-0.39, 0.29) is 41.5 Å². The molecular weight excluding hydrogens is 430 g/mol. The van der Waals surface area contributed by atoms with Crippen LogP contribution < -0.4 is 9.64 Å². The Morgan fingerprint density at radius 2 is 1.74 bits per heavy atom. The molecule has 34 heavy (non-hydrogen) atoms. The van der Waals surface area contributed by atoms with Crippen LogP contribution in [0.2, 0.25) is 0 Å². The summed E-state index contributed by atoms with van der Waals surface area (Å²) in [5.41, 5.74) is 2.03. The normalized spacial score (nSPS) is 33.6. The smallest absolute Gasteiger partial charge is 0.238 e. The van der Waals surface area contributed by atoms with Crippen molar-refractivity contribution in [3.8, 4) is 5.75 Å². The third kappa shape index (κ3) is 3.40. The molecule has 2 aliphatic carbocycles. The fraction of sp³-hybridized carbons (Fsp3) is 0.393. The van der Waals surface area contributed by atoms with Gasteiger partial charge < -0.3 is 9.47 Å². The Morgan fingerprint density at radius 3 is 2.38 bits per heavy atom.